The molecule has 2 N–H and O–H groups in total. The van der Waals surface area contributed by atoms with Crippen LogP contribution >= 0.6 is 34.2 Å². The van der Waals surface area contributed by atoms with Crippen molar-refractivity contribution in [2.24, 2.45) is 23.5 Å². The molecule has 1 aliphatic rings. The number of halogens is 2. The average molecular weight is 378 g/mol. The van der Waals surface area contributed by atoms with E-state index in [-0.39, 0.29) is 6.04 Å². The molecule has 1 aromatic carbocycles. The smallest absolute Gasteiger partial charge is 0.0410 e. The predicted octanol–water partition coefficient (Wildman–Crippen LogP) is 5.02. The summed E-state index contributed by atoms with van der Waals surface area (Å²) in [7, 11) is 0. The van der Waals surface area contributed by atoms with E-state index in [1.165, 1.54) is 28.4 Å². The molecule has 0 saturated heterocycles. The maximum Gasteiger partial charge on any atom is 0.0410 e. The minimum Gasteiger partial charge on any atom is -0.324 e. The van der Waals surface area contributed by atoms with Gasteiger partial charge in [-0.05, 0) is 76.9 Å². The second-order valence-electron chi connectivity index (χ2n) is 5.72. The van der Waals surface area contributed by atoms with Gasteiger partial charge in [-0.15, -0.1) is 0 Å². The maximum atomic E-state index is 6.48. The SMILES string of the molecule is CC1CCC(C(N)c2cc(Cl)ccc2I)CC1C. The highest BCUT2D eigenvalue weighted by Crippen LogP contribution is 2.40. The van der Waals surface area contributed by atoms with E-state index in [1.54, 1.807) is 0 Å². The van der Waals surface area contributed by atoms with Crippen LogP contribution in [-0.4, -0.2) is 0 Å². The van der Waals surface area contributed by atoms with Crippen molar-refractivity contribution in [2.45, 2.75) is 39.2 Å². The molecule has 1 fully saturated rings. The van der Waals surface area contributed by atoms with Gasteiger partial charge in [0.2, 0.25) is 0 Å². The molecule has 4 unspecified atom stereocenters. The number of hydrogen-bond donors (Lipinski definition) is 1. The molecule has 4 atom stereocenters. The molecule has 100 valence electrons. The number of hydrogen-bond acceptors (Lipinski definition) is 1. The lowest BCUT2D eigenvalue weighted by molar-refractivity contribution is 0.186. The first kappa shape index (κ1) is 14.6. The van der Waals surface area contributed by atoms with E-state index in [0.717, 1.165) is 16.9 Å². The van der Waals surface area contributed by atoms with Crippen molar-refractivity contribution in [2.75, 3.05) is 0 Å². The van der Waals surface area contributed by atoms with Gasteiger partial charge in [0.25, 0.3) is 0 Å². The van der Waals surface area contributed by atoms with Crippen LogP contribution in [0.25, 0.3) is 0 Å². The molecule has 1 saturated carbocycles. The van der Waals surface area contributed by atoms with E-state index in [9.17, 15) is 0 Å². The fourth-order valence-corrected chi connectivity index (χ4v) is 3.81. The minimum atomic E-state index is 0.130. The summed E-state index contributed by atoms with van der Waals surface area (Å²) in [5.74, 6) is 2.22. The van der Waals surface area contributed by atoms with Crippen LogP contribution in [-0.2, 0) is 0 Å². The van der Waals surface area contributed by atoms with Gasteiger partial charge in [0, 0.05) is 14.6 Å². The van der Waals surface area contributed by atoms with Crippen molar-refractivity contribution in [3.8, 4) is 0 Å². The summed E-state index contributed by atoms with van der Waals surface area (Å²) >= 11 is 8.45. The highest BCUT2D eigenvalue weighted by Gasteiger charge is 2.29. The standard InChI is InChI=1S/C15H21ClIN/c1-9-3-4-11(7-10(9)2)15(18)13-8-12(16)5-6-14(13)17/h5-6,8-11,15H,3-4,7,18H2,1-2H3. The Kier molecular flexibility index (Phi) is 4.95. The van der Waals surface area contributed by atoms with Gasteiger partial charge in [-0.2, -0.15) is 0 Å². The summed E-state index contributed by atoms with van der Waals surface area (Å²) in [5.41, 5.74) is 7.70. The Morgan fingerprint density at radius 3 is 2.67 bits per heavy atom. The number of nitrogens with two attached hydrogens (primary N) is 1. The molecule has 2 rings (SSSR count). The zero-order chi connectivity index (χ0) is 13.3. The Morgan fingerprint density at radius 2 is 2.00 bits per heavy atom. The summed E-state index contributed by atoms with van der Waals surface area (Å²) in [6.07, 6.45) is 3.79. The highest BCUT2D eigenvalue weighted by molar-refractivity contribution is 14.1. The minimum absolute atomic E-state index is 0.130. The molecule has 0 amide bonds. The first-order valence-electron chi connectivity index (χ1n) is 6.69. The Bertz CT molecular complexity index is 421. The molecule has 1 aliphatic carbocycles. The zero-order valence-corrected chi connectivity index (χ0v) is 13.9. The van der Waals surface area contributed by atoms with Crippen molar-refractivity contribution in [1.29, 1.82) is 0 Å². The summed E-state index contributed by atoms with van der Waals surface area (Å²) in [6.45, 7) is 4.71. The second kappa shape index (κ2) is 6.10. The van der Waals surface area contributed by atoms with Crippen LogP contribution in [0.4, 0.5) is 0 Å². The van der Waals surface area contributed by atoms with Crippen LogP contribution in [0.1, 0.15) is 44.7 Å². The van der Waals surface area contributed by atoms with Crippen LogP contribution in [0, 0.1) is 21.3 Å². The molecule has 1 nitrogen and oxygen atoms in total. The third-order valence-corrected chi connectivity index (χ3v) is 5.68. The van der Waals surface area contributed by atoms with Crippen LogP contribution in [0.2, 0.25) is 5.02 Å². The molecular weight excluding hydrogens is 357 g/mol. The number of benzene rings is 1. The van der Waals surface area contributed by atoms with Gasteiger partial charge < -0.3 is 5.73 Å². The van der Waals surface area contributed by atoms with E-state index in [0.29, 0.717) is 5.92 Å². The quantitative estimate of drug-likeness (QED) is 0.720. The Balaban J connectivity index is 2.16. The van der Waals surface area contributed by atoms with Gasteiger partial charge >= 0.3 is 0 Å². The Morgan fingerprint density at radius 1 is 1.28 bits per heavy atom. The van der Waals surface area contributed by atoms with Crippen molar-refractivity contribution in [1.82, 2.24) is 0 Å². The molecular formula is C15H21ClIN. The van der Waals surface area contributed by atoms with Crippen LogP contribution < -0.4 is 5.73 Å². The zero-order valence-electron chi connectivity index (χ0n) is 11.0. The molecule has 0 spiro atoms. The molecule has 0 radical (unpaired) electrons. The lowest BCUT2D eigenvalue weighted by Gasteiger charge is -2.35. The fourth-order valence-electron chi connectivity index (χ4n) is 2.94. The predicted molar refractivity (Wildman–Crippen MR) is 86.8 cm³/mol. The largest absolute Gasteiger partial charge is 0.324 e. The summed E-state index contributed by atoms with van der Waals surface area (Å²) in [6, 6.07) is 6.17. The topological polar surface area (TPSA) is 26.0 Å². The van der Waals surface area contributed by atoms with Crippen LogP contribution in [0.15, 0.2) is 18.2 Å². The third-order valence-electron chi connectivity index (χ3n) is 4.46. The monoisotopic (exact) mass is 377 g/mol. The van der Waals surface area contributed by atoms with Crippen molar-refractivity contribution >= 4 is 34.2 Å². The molecule has 0 aliphatic heterocycles. The van der Waals surface area contributed by atoms with E-state index in [4.69, 9.17) is 17.3 Å². The van der Waals surface area contributed by atoms with E-state index >= 15 is 0 Å². The van der Waals surface area contributed by atoms with E-state index in [1.807, 2.05) is 12.1 Å². The Hall–Kier alpha value is 0.200. The normalized spacial score (nSPS) is 30.2. The lowest BCUT2D eigenvalue weighted by atomic mass is 9.72. The average Bonchev–Trinajstić information content (AvgIpc) is 2.35. The molecule has 0 bridgehead atoms. The first-order chi connectivity index (χ1) is 8.49. The highest BCUT2D eigenvalue weighted by atomic mass is 127. The van der Waals surface area contributed by atoms with E-state index < -0.39 is 0 Å². The van der Waals surface area contributed by atoms with Gasteiger partial charge in [0.15, 0.2) is 0 Å². The second-order valence-corrected chi connectivity index (χ2v) is 7.32. The van der Waals surface area contributed by atoms with Crippen molar-refractivity contribution in [3.05, 3.63) is 32.4 Å². The molecule has 3 heteroatoms. The molecule has 0 aromatic heterocycles. The third kappa shape index (κ3) is 3.20. The van der Waals surface area contributed by atoms with E-state index in [2.05, 4.69) is 42.5 Å². The molecule has 0 heterocycles. The van der Waals surface area contributed by atoms with Gasteiger partial charge in [0.05, 0.1) is 0 Å². The van der Waals surface area contributed by atoms with Crippen molar-refractivity contribution < 1.29 is 0 Å². The fraction of sp³-hybridized carbons (Fsp3) is 0.600. The summed E-state index contributed by atoms with van der Waals surface area (Å²) in [4.78, 5) is 0. The van der Waals surface area contributed by atoms with Gasteiger partial charge in [-0.3, -0.25) is 0 Å². The summed E-state index contributed by atoms with van der Waals surface area (Å²) in [5, 5.41) is 0.790. The van der Waals surface area contributed by atoms with Gasteiger partial charge in [-0.25, -0.2) is 0 Å². The summed E-state index contributed by atoms with van der Waals surface area (Å²) < 4.78 is 1.23. The van der Waals surface area contributed by atoms with Crippen LogP contribution in [0.5, 0.6) is 0 Å². The first-order valence-corrected chi connectivity index (χ1v) is 8.15. The van der Waals surface area contributed by atoms with Gasteiger partial charge in [0.1, 0.15) is 0 Å². The maximum absolute atomic E-state index is 6.48. The lowest BCUT2D eigenvalue weighted by Crippen LogP contribution is -2.29. The molecule has 18 heavy (non-hydrogen) atoms. The van der Waals surface area contributed by atoms with Gasteiger partial charge in [-0.1, -0.05) is 31.9 Å². The number of rotatable bonds is 2. The van der Waals surface area contributed by atoms with Crippen molar-refractivity contribution in [3.63, 3.8) is 0 Å². The van der Waals surface area contributed by atoms with Crippen LogP contribution in [0.3, 0.4) is 0 Å². The molecule has 1 aromatic rings. The Labute approximate surface area is 129 Å².